The van der Waals surface area contributed by atoms with Gasteiger partial charge in [0.25, 0.3) is 0 Å². The van der Waals surface area contributed by atoms with Crippen molar-refractivity contribution in [3.8, 4) is 0 Å². The van der Waals surface area contributed by atoms with Crippen molar-refractivity contribution < 1.29 is 9.59 Å². The topological polar surface area (TPSA) is 37.4 Å². The van der Waals surface area contributed by atoms with Crippen LogP contribution in [0.3, 0.4) is 0 Å². The minimum absolute atomic E-state index is 0.0492. The van der Waals surface area contributed by atoms with Crippen LogP contribution in [0.1, 0.15) is 24.8 Å². The molecule has 0 bridgehead atoms. The number of carbonyl (C=O) groups excluding carboxylic acids is 2. The highest BCUT2D eigenvalue weighted by molar-refractivity contribution is 6.22. The maximum Gasteiger partial charge on any atom is 0.238 e. The van der Waals surface area contributed by atoms with E-state index < -0.39 is 0 Å². The molecule has 2 fully saturated rings. The molecule has 1 saturated heterocycles. The molecule has 140 valence electrons. The first kappa shape index (κ1) is 17.2. The zero-order chi connectivity index (χ0) is 19.1. The Balaban J connectivity index is 1.55. The molecule has 0 aromatic heterocycles. The van der Waals surface area contributed by atoms with Gasteiger partial charge in [-0.3, -0.25) is 14.5 Å². The summed E-state index contributed by atoms with van der Waals surface area (Å²) in [5.41, 5.74) is 3.03. The molecule has 2 aromatic rings. The van der Waals surface area contributed by atoms with Crippen LogP contribution in [0.5, 0.6) is 0 Å². The molecule has 3 atom stereocenters. The molecule has 2 aliphatic carbocycles. The molecule has 1 saturated carbocycles. The first-order chi connectivity index (χ1) is 13.7. The third-order valence-electron chi connectivity index (χ3n) is 6.11. The van der Waals surface area contributed by atoms with Gasteiger partial charge in [0.1, 0.15) is 0 Å². The van der Waals surface area contributed by atoms with Crippen molar-refractivity contribution in [2.24, 2.45) is 23.7 Å². The average molecular weight is 369 g/mol. The molecule has 1 heterocycles. The van der Waals surface area contributed by atoms with Gasteiger partial charge >= 0.3 is 0 Å². The summed E-state index contributed by atoms with van der Waals surface area (Å²) in [6, 6.07) is 19.6. The summed E-state index contributed by atoms with van der Waals surface area (Å²) in [4.78, 5) is 28.0. The Labute approximate surface area is 165 Å². The number of imide groups is 1. The Hall–Kier alpha value is -2.94. The summed E-state index contributed by atoms with van der Waals surface area (Å²) in [5, 5.41) is 0. The van der Waals surface area contributed by atoms with Gasteiger partial charge in [0.15, 0.2) is 0 Å². The number of benzene rings is 2. The second-order valence-corrected chi connectivity index (χ2v) is 7.99. The predicted molar refractivity (Wildman–Crippen MR) is 110 cm³/mol. The van der Waals surface area contributed by atoms with Crippen LogP contribution >= 0.6 is 0 Å². The highest BCUT2D eigenvalue weighted by atomic mass is 16.2. The van der Waals surface area contributed by atoms with E-state index in [-0.39, 0.29) is 29.6 Å². The normalized spacial score (nSPS) is 27.2. The van der Waals surface area contributed by atoms with E-state index in [0.717, 1.165) is 5.56 Å². The quantitative estimate of drug-likeness (QED) is 0.570. The lowest BCUT2D eigenvalue weighted by molar-refractivity contribution is -0.122. The van der Waals surface area contributed by atoms with Gasteiger partial charge in [-0.25, -0.2) is 0 Å². The highest BCUT2D eigenvalue weighted by Gasteiger charge is 2.52. The fraction of sp³-hybridized carbons (Fsp3) is 0.280. The lowest BCUT2D eigenvalue weighted by Gasteiger charge is -2.29. The summed E-state index contributed by atoms with van der Waals surface area (Å²) in [5.74, 6) is -0.159. The third kappa shape index (κ3) is 2.91. The molecule has 2 amide bonds. The van der Waals surface area contributed by atoms with Crippen LogP contribution in [0.2, 0.25) is 0 Å². The Morgan fingerprint density at radius 3 is 2.25 bits per heavy atom. The van der Waals surface area contributed by atoms with Crippen molar-refractivity contribution in [1.82, 2.24) is 0 Å². The number of rotatable bonds is 4. The van der Waals surface area contributed by atoms with Crippen molar-refractivity contribution >= 4 is 23.1 Å². The predicted octanol–water partition coefficient (Wildman–Crippen LogP) is 4.86. The van der Waals surface area contributed by atoms with E-state index in [0.29, 0.717) is 18.0 Å². The highest BCUT2D eigenvalue weighted by Crippen LogP contribution is 2.47. The Kier molecular flexibility index (Phi) is 4.23. The number of anilines is 1. The molecule has 0 radical (unpaired) electrons. The second-order valence-electron chi connectivity index (χ2n) is 7.99. The number of hydrogen-bond donors (Lipinski definition) is 0. The summed E-state index contributed by atoms with van der Waals surface area (Å²) in [6.45, 7) is 0. The van der Waals surface area contributed by atoms with Crippen molar-refractivity contribution in [2.45, 2.75) is 19.3 Å². The number of fused-ring (bicyclic) bond motifs is 1. The van der Waals surface area contributed by atoms with Crippen molar-refractivity contribution in [3.63, 3.8) is 0 Å². The average Bonchev–Trinajstić information content (AvgIpc) is 3.53. The van der Waals surface area contributed by atoms with Crippen LogP contribution in [-0.2, 0) is 9.59 Å². The maximum absolute atomic E-state index is 13.4. The molecule has 5 rings (SSSR count). The second kappa shape index (κ2) is 6.90. The molecular weight excluding hydrogens is 346 g/mol. The lowest BCUT2D eigenvalue weighted by atomic mass is 9.72. The van der Waals surface area contributed by atoms with E-state index in [1.54, 1.807) is 0 Å². The standard InChI is InChI=1S/C25H23NO2/c27-24-21-13-7-12-20(22(16-17-14-15-17)18-8-3-1-4-9-18)23(21)25(28)26(24)19-10-5-2-6-11-19/h1-12,16-17,20-21,23H,13-15H2/b22-16+/t20?,21-,23+/m1/s1. The van der Waals surface area contributed by atoms with Crippen LogP contribution < -0.4 is 4.90 Å². The monoisotopic (exact) mass is 369 g/mol. The van der Waals surface area contributed by atoms with Crippen LogP contribution in [0.15, 0.2) is 78.9 Å². The Morgan fingerprint density at radius 2 is 1.57 bits per heavy atom. The molecule has 0 spiro atoms. The SMILES string of the molecule is O=C1[C@@H]2CC=CC(/C(=C/C3CC3)c3ccccc3)[C@@H]2C(=O)N1c1ccccc1. The first-order valence-corrected chi connectivity index (χ1v) is 10.1. The van der Waals surface area contributed by atoms with Crippen molar-refractivity contribution in [2.75, 3.05) is 4.90 Å². The Morgan fingerprint density at radius 1 is 0.893 bits per heavy atom. The lowest BCUT2D eigenvalue weighted by Crippen LogP contribution is -2.32. The number of para-hydroxylation sites is 1. The zero-order valence-electron chi connectivity index (χ0n) is 15.7. The first-order valence-electron chi connectivity index (χ1n) is 10.1. The molecule has 28 heavy (non-hydrogen) atoms. The molecule has 3 nitrogen and oxygen atoms in total. The van der Waals surface area contributed by atoms with Gasteiger partial charge in [-0.1, -0.05) is 66.8 Å². The Bertz CT molecular complexity index is 957. The molecule has 1 unspecified atom stereocenters. The molecule has 3 aliphatic rings. The molecule has 0 N–H and O–H groups in total. The van der Waals surface area contributed by atoms with E-state index in [1.165, 1.54) is 23.3 Å². The van der Waals surface area contributed by atoms with Gasteiger partial charge in [-0.2, -0.15) is 0 Å². The van der Waals surface area contributed by atoms with Crippen LogP contribution in [0.4, 0.5) is 5.69 Å². The van der Waals surface area contributed by atoms with E-state index in [4.69, 9.17) is 0 Å². The zero-order valence-corrected chi connectivity index (χ0v) is 15.7. The van der Waals surface area contributed by atoms with Crippen LogP contribution in [0, 0.1) is 23.7 Å². The third-order valence-corrected chi connectivity index (χ3v) is 6.11. The van der Waals surface area contributed by atoms with Gasteiger partial charge in [0.2, 0.25) is 11.8 Å². The van der Waals surface area contributed by atoms with E-state index in [9.17, 15) is 9.59 Å². The van der Waals surface area contributed by atoms with Gasteiger partial charge in [-0.05, 0) is 48.4 Å². The summed E-state index contributed by atoms with van der Waals surface area (Å²) in [6.07, 6.45) is 9.65. The summed E-state index contributed by atoms with van der Waals surface area (Å²) >= 11 is 0. The smallest absolute Gasteiger partial charge is 0.238 e. The minimum Gasteiger partial charge on any atom is -0.274 e. The number of allylic oxidation sites excluding steroid dienone is 4. The van der Waals surface area contributed by atoms with Crippen molar-refractivity contribution in [3.05, 3.63) is 84.5 Å². The van der Waals surface area contributed by atoms with Crippen molar-refractivity contribution in [1.29, 1.82) is 0 Å². The maximum atomic E-state index is 13.4. The molecule has 3 heteroatoms. The molecule has 2 aromatic carbocycles. The van der Waals surface area contributed by atoms with Gasteiger partial charge in [0.05, 0.1) is 17.5 Å². The number of carbonyl (C=O) groups is 2. The largest absolute Gasteiger partial charge is 0.274 e. The molecule has 1 aliphatic heterocycles. The molecular formula is C25H23NO2. The van der Waals surface area contributed by atoms with Crippen LogP contribution in [0.25, 0.3) is 5.57 Å². The number of nitrogens with zero attached hydrogens (tertiary/aromatic N) is 1. The van der Waals surface area contributed by atoms with E-state index in [2.05, 4.69) is 30.4 Å². The van der Waals surface area contributed by atoms with Gasteiger partial charge in [-0.15, -0.1) is 0 Å². The van der Waals surface area contributed by atoms with Crippen LogP contribution in [-0.4, -0.2) is 11.8 Å². The van der Waals surface area contributed by atoms with Gasteiger partial charge in [0, 0.05) is 5.92 Å². The van der Waals surface area contributed by atoms with E-state index in [1.807, 2.05) is 48.5 Å². The van der Waals surface area contributed by atoms with E-state index >= 15 is 0 Å². The number of amides is 2. The van der Waals surface area contributed by atoms with Gasteiger partial charge < -0.3 is 0 Å². The fourth-order valence-corrected chi connectivity index (χ4v) is 4.57. The fourth-order valence-electron chi connectivity index (χ4n) is 4.57. The summed E-state index contributed by atoms with van der Waals surface area (Å²) in [7, 11) is 0. The summed E-state index contributed by atoms with van der Waals surface area (Å²) < 4.78 is 0. The minimum atomic E-state index is -0.317. The number of hydrogen-bond acceptors (Lipinski definition) is 2.